The number of hydrogen-bond donors (Lipinski definition) is 5. The van der Waals surface area contributed by atoms with E-state index in [1.807, 2.05) is 0 Å². The topological polar surface area (TPSA) is 151 Å². The van der Waals surface area contributed by atoms with Crippen molar-refractivity contribution in [2.75, 3.05) is 6.61 Å². The van der Waals surface area contributed by atoms with E-state index in [1.54, 1.807) is 0 Å². The molecule has 0 saturated carbocycles. The van der Waals surface area contributed by atoms with Crippen molar-refractivity contribution in [2.45, 2.75) is 24.5 Å². The first-order chi connectivity index (χ1) is 7.41. The van der Waals surface area contributed by atoms with Crippen molar-refractivity contribution in [3.05, 3.63) is 0 Å². The van der Waals surface area contributed by atoms with E-state index in [4.69, 9.17) is 15.4 Å². The third-order valence-electron chi connectivity index (χ3n) is 2.00. The molecule has 1 heterocycles. The van der Waals surface area contributed by atoms with Crippen LogP contribution >= 0.6 is 8.25 Å². The van der Waals surface area contributed by atoms with Crippen LogP contribution in [-0.4, -0.2) is 52.3 Å². The molecule has 1 rings (SSSR count). The third kappa shape index (κ3) is 3.34. The number of ether oxygens (including phenoxy) is 1. The molecule has 92 valence electrons. The molecule has 2 amide bonds. The quantitative estimate of drug-likeness (QED) is 0.356. The molecule has 1 fully saturated rings. The average Bonchev–Trinajstić information content (AvgIpc) is 2.42. The Kier molecular flexibility index (Phi) is 4.54. The highest BCUT2D eigenvalue weighted by molar-refractivity contribution is 7.32. The maximum absolute atomic E-state index is 10.5. The van der Waals surface area contributed by atoms with Crippen molar-refractivity contribution in [2.24, 2.45) is 5.73 Å². The van der Waals surface area contributed by atoms with Crippen molar-refractivity contribution in [1.82, 2.24) is 5.32 Å². The second-order valence-electron chi connectivity index (χ2n) is 3.12. The van der Waals surface area contributed by atoms with Crippen LogP contribution in [0.4, 0.5) is 4.79 Å². The lowest BCUT2D eigenvalue weighted by Crippen LogP contribution is -2.45. The van der Waals surface area contributed by atoms with Crippen LogP contribution in [0.1, 0.15) is 0 Å². The summed E-state index contributed by atoms with van der Waals surface area (Å²) in [6, 6.07) is -0.925. The molecule has 1 aliphatic heterocycles. The van der Waals surface area contributed by atoms with E-state index in [-0.39, 0.29) is 6.61 Å². The normalized spacial score (nSPS) is 34.8. The molecular formula is C6H12N2O7P+. The minimum absolute atomic E-state index is 0.388. The summed E-state index contributed by atoms with van der Waals surface area (Å²) in [4.78, 5) is 18.9. The Bertz CT molecular complexity index is 288. The SMILES string of the molecule is NC(=O)NC1OC(CO[P+](=O)O)C(O)C1O. The van der Waals surface area contributed by atoms with Crippen molar-refractivity contribution < 1.29 is 33.7 Å². The van der Waals surface area contributed by atoms with E-state index < -0.39 is 38.8 Å². The number of amides is 2. The van der Waals surface area contributed by atoms with Gasteiger partial charge in [0.15, 0.2) is 6.23 Å². The van der Waals surface area contributed by atoms with Gasteiger partial charge in [0, 0.05) is 4.57 Å². The van der Waals surface area contributed by atoms with Gasteiger partial charge in [-0.1, -0.05) is 0 Å². The molecule has 0 aliphatic carbocycles. The van der Waals surface area contributed by atoms with E-state index in [0.717, 1.165) is 0 Å². The highest BCUT2D eigenvalue weighted by Gasteiger charge is 2.44. The minimum Gasteiger partial charge on any atom is -0.387 e. The molecule has 0 radical (unpaired) electrons. The molecule has 0 spiro atoms. The van der Waals surface area contributed by atoms with Gasteiger partial charge in [0.1, 0.15) is 24.9 Å². The Labute approximate surface area is 91.1 Å². The number of carbonyl (C=O) groups is 1. The van der Waals surface area contributed by atoms with Gasteiger partial charge in [0.05, 0.1) is 0 Å². The van der Waals surface area contributed by atoms with Gasteiger partial charge in [0.2, 0.25) is 0 Å². The smallest absolute Gasteiger partial charge is 0.387 e. The number of urea groups is 1. The minimum atomic E-state index is -2.82. The van der Waals surface area contributed by atoms with Crippen LogP contribution in [-0.2, 0) is 13.8 Å². The zero-order chi connectivity index (χ0) is 12.3. The molecule has 1 saturated heterocycles. The Balaban J connectivity index is 2.50. The highest BCUT2D eigenvalue weighted by atomic mass is 31.1. The van der Waals surface area contributed by atoms with Crippen molar-refractivity contribution in [3.8, 4) is 0 Å². The van der Waals surface area contributed by atoms with Crippen LogP contribution in [0.3, 0.4) is 0 Å². The van der Waals surface area contributed by atoms with Crippen LogP contribution in [0.25, 0.3) is 0 Å². The second kappa shape index (κ2) is 5.48. The van der Waals surface area contributed by atoms with E-state index in [2.05, 4.69) is 9.84 Å². The van der Waals surface area contributed by atoms with Crippen LogP contribution in [0, 0.1) is 0 Å². The molecule has 9 nitrogen and oxygen atoms in total. The Morgan fingerprint density at radius 3 is 2.62 bits per heavy atom. The molecule has 0 aromatic heterocycles. The lowest BCUT2D eigenvalue weighted by atomic mass is 10.1. The van der Waals surface area contributed by atoms with Gasteiger partial charge < -0.3 is 26.0 Å². The molecule has 0 bridgehead atoms. The van der Waals surface area contributed by atoms with Gasteiger partial charge in [-0.15, -0.1) is 9.42 Å². The molecule has 0 aromatic carbocycles. The Morgan fingerprint density at radius 2 is 2.12 bits per heavy atom. The largest absolute Gasteiger partial charge is 0.694 e. The Hall–Kier alpha value is -0.830. The maximum atomic E-state index is 10.5. The molecule has 0 aromatic rings. The second-order valence-corrected chi connectivity index (χ2v) is 3.85. The van der Waals surface area contributed by atoms with Gasteiger partial charge in [-0.05, 0) is 0 Å². The van der Waals surface area contributed by atoms with Gasteiger partial charge in [0.25, 0.3) is 0 Å². The summed E-state index contributed by atoms with van der Waals surface area (Å²) in [5, 5.41) is 20.9. The fraction of sp³-hybridized carbons (Fsp3) is 0.833. The summed E-state index contributed by atoms with van der Waals surface area (Å²) in [5.41, 5.74) is 4.81. The zero-order valence-corrected chi connectivity index (χ0v) is 8.91. The van der Waals surface area contributed by atoms with Gasteiger partial charge in [-0.25, -0.2) is 4.79 Å². The van der Waals surface area contributed by atoms with E-state index in [1.165, 1.54) is 0 Å². The molecule has 5 unspecified atom stereocenters. The van der Waals surface area contributed by atoms with Crippen molar-refractivity contribution >= 4 is 14.3 Å². The first-order valence-electron chi connectivity index (χ1n) is 4.28. The number of aliphatic hydroxyl groups excluding tert-OH is 2. The highest BCUT2D eigenvalue weighted by Crippen LogP contribution is 2.23. The number of aliphatic hydroxyl groups is 2. The number of primary amides is 1. The number of nitrogens with two attached hydrogens (primary N) is 1. The summed E-state index contributed by atoms with van der Waals surface area (Å²) in [6.45, 7) is -0.388. The van der Waals surface area contributed by atoms with Crippen molar-refractivity contribution in [1.29, 1.82) is 0 Å². The van der Waals surface area contributed by atoms with Crippen LogP contribution < -0.4 is 11.1 Å². The fourth-order valence-corrected chi connectivity index (χ4v) is 1.56. The molecule has 5 atom stereocenters. The monoisotopic (exact) mass is 255 g/mol. The standard InChI is InChI=1S/C6H11N2O7P/c7-6(11)8-5-4(10)3(9)2(15-5)1-14-16(12)13/h2-5,9-10H,1H2,(H3-,7,8,11,12,13)/p+1. The summed E-state index contributed by atoms with van der Waals surface area (Å²) in [5.74, 6) is 0. The summed E-state index contributed by atoms with van der Waals surface area (Å²) in [7, 11) is -2.82. The van der Waals surface area contributed by atoms with E-state index in [0.29, 0.717) is 0 Å². The van der Waals surface area contributed by atoms with Crippen LogP contribution in [0.2, 0.25) is 0 Å². The first kappa shape index (κ1) is 13.2. The first-order valence-corrected chi connectivity index (χ1v) is 5.41. The average molecular weight is 255 g/mol. The summed E-state index contributed by atoms with van der Waals surface area (Å²) < 4.78 is 19.5. The number of rotatable bonds is 4. The van der Waals surface area contributed by atoms with Crippen LogP contribution in [0.5, 0.6) is 0 Å². The summed E-state index contributed by atoms with van der Waals surface area (Å²) >= 11 is 0. The molecule has 16 heavy (non-hydrogen) atoms. The third-order valence-corrected chi connectivity index (χ3v) is 2.37. The van der Waals surface area contributed by atoms with Gasteiger partial charge >= 0.3 is 14.3 Å². The molecule has 6 N–H and O–H groups in total. The molecule has 10 heteroatoms. The number of nitrogens with one attached hydrogen (secondary N) is 1. The summed E-state index contributed by atoms with van der Waals surface area (Å²) in [6.07, 6.45) is -4.90. The lowest BCUT2D eigenvalue weighted by Gasteiger charge is -2.14. The predicted octanol–water partition coefficient (Wildman–Crippen LogP) is -2.23. The fourth-order valence-electron chi connectivity index (χ4n) is 1.28. The Morgan fingerprint density at radius 1 is 1.50 bits per heavy atom. The van der Waals surface area contributed by atoms with Gasteiger partial charge in [-0.2, -0.15) is 0 Å². The van der Waals surface area contributed by atoms with Crippen LogP contribution in [0.15, 0.2) is 0 Å². The number of carbonyl (C=O) groups excluding carboxylic acids is 1. The number of hydrogen-bond acceptors (Lipinski definition) is 6. The maximum Gasteiger partial charge on any atom is 0.694 e. The predicted molar refractivity (Wildman–Crippen MR) is 49.2 cm³/mol. The zero-order valence-electron chi connectivity index (χ0n) is 8.02. The molecule has 1 aliphatic rings. The molecular weight excluding hydrogens is 243 g/mol. The van der Waals surface area contributed by atoms with Gasteiger partial charge in [-0.3, -0.25) is 0 Å². The van der Waals surface area contributed by atoms with E-state index >= 15 is 0 Å². The van der Waals surface area contributed by atoms with E-state index in [9.17, 15) is 19.6 Å². The lowest BCUT2D eigenvalue weighted by molar-refractivity contribution is -0.0232. The van der Waals surface area contributed by atoms with Crippen molar-refractivity contribution in [3.63, 3.8) is 0 Å².